The zero-order valence-corrected chi connectivity index (χ0v) is 20.4. The van der Waals surface area contributed by atoms with Crippen LogP contribution in [0.25, 0.3) is 11.0 Å². The van der Waals surface area contributed by atoms with Gasteiger partial charge in [-0.2, -0.15) is 13.2 Å². The monoisotopic (exact) mass is 523 g/mol. The Labute approximate surface area is 215 Å². The van der Waals surface area contributed by atoms with Crippen LogP contribution in [-0.4, -0.2) is 51.9 Å². The number of methoxy groups -OCH3 is 1. The number of amides is 2. The van der Waals surface area contributed by atoms with Crippen LogP contribution in [0.4, 0.5) is 18.9 Å². The number of pyridine rings is 2. The number of hydrogen-bond donors (Lipinski definition) is 2. The van der Waals surface area contributed by atoms with Crippen LogP contribution in [0.15, 0.2) is 60.9 Å². The summed E-state index contributed by atoms with van der Waals surface area (Å²) >= 11 is 0. The normalized spacial score (nSPS) is 14.5. The molecule has 196 valence electrons. The van der Waals surface area contributed by atoms with Crippen LogP contribution in [0, 0.1) is 0 Å². The molecule has 1 fully saturated rings. The second-order valence-electron chi connectivity index (χ2n) is 9.03. The first kappa shape index (κ1) is 25.2. The average molecular weight is 524 g/mol. The van der Waals surface area contributed by atoms with E-state index < -0.39 is 17.8 Å². The molecule has 1 aliphatic heterocycles. The van der Waals surface area contributed by atoms with Gasteiger partial charge >= 0.3 is 6.18 Å². The minimum Gasteiger partial charge on any atom is -0.481 e. The molecule has 0 bridgehead atoms. The number of carbonyl (C=O) groups is 2. The molecule has 11 heteroatoms. The molecule has 4 aromatic rings. The number of hydrogen-bond acceptors (Lipinski definition) is 5. The molecule has 0 spiro atoms. The van der Waals surface area contributed by atoms with Gasteiger partial charge in [0.05, 0.1) is 12.7 Å². The van der Waals surface area contributed by atoms with Gasteiger partial charge in [0.2, 0.25) is 5.88 Å². The fraction of sp³-hybridized carbons (Fsp3) is 0.259. The number of rotatable bonds is 5. The number of benzene rings is 1. The van der Waals surface area contributed by atoms with Gasteiger partial charge in [-0.15, -0.1) is 0 Å². The molecule has 1 aromatic carbocycles. The quantitative estimate of drug-likeness (QED) is 0.372. The zero-order chi connectivity index (χ0) is 26.9. The highest BCUT2D eigenvalue weighted by Gasteiger charge is 2.34. The second-order valence-corrected chi connectivity index (χ2v) is 9.03. The van der Waals surface area contributed by atoms with Crippen molar-refractivity contribution < 1.29 is 27.5 Å². The van der Waals surface area contributed by atoms with Gasteiger partial charge in [0.25, 0.3) is 11.8 Å². The van der Waals surface area contributed by atoms with Gasteiger partial charge in [-0.1, -0.05) is 12.1 Å². The number of nitrogens with zero attached hydrogens (tertiary/aromatic N) is 3. The van der Waals surface area contributed by atoms with Crippen LogP contribution in [0.1, 0.15) is 50.7 Å². The lowest BCUT2D eigenvalue weighted by molar-refractivity contribution is -0.141. The first-order valence-electron chi connectivity index (χ1n) is 12.0. The van der Waals surface area contributed by atoms with Crippen molar-refractivity contribution in [2.45, 2.75) is 24.9 Å². The minimum absolute atomic E-state index is 0.0258. The predicted molar refractivity (Wildman–Crippen MR) is 134 cm³/mol. The van der Waals surface area contributed by atoms with Crippen molar-refractivity contribution in [3.05, 3.63) is 83.3 Å². The Morgan fingerprint density at radius 1 is 1.11 bits per heavy atom. The average Bonchev–Trinajstić information content (AvgIpc) is 3.36. The maximum Gasteiger partial charge on any atom is 0.433 e. The van der Waals surface area contributed by atoms with Gasteiger partial charge in [0, 0.05) is 48.2 Å². The number of halogens is 3. The van der Waals surface area contributed by atoms with E-state index in [1.54, 1.807) is 30.6 Å². The fourth-order valence-electron chi connectivity index (χ4n) is 4.65. The molecule has 0 unspecified atom stereocenters. The molecule has 1 saturated heterocycles. The molecule has 1 aliphatic rings. The predicted octanol–water partition coefficient (Wildman–Crippen LogP) is 5.26. The van der Waals surface area contributed by atoms with Gasteiger partial charge < -0.3 is 19.9 Å². The molecule has 3 aromatic heterocycles. The minimum atomic E-state index is -4.71. The van der Waals surface area contributed by atoms with E-state index in [1.807, 2.05) is 23.1 Å². The van der Waals surface area contributed by atoms with E-state index in [0.29, 0.717) is 36.1 Å². The smallest absolute Gasteiger partial charge is 0.433 e. The molecule has 5 rings (SSSR count). The van der Waals surface area contributed by atoms with Crippen LogP contribution in [0.3, 0.4) is 0 Å². The number of aromatic nitrogens is 3. The molecule has 2 amide bonds. The first-order valence-corrected chi connectivity index (χ1v) is 12.0. The fourth-order valence-corrected chi connectivity index (χ4v) is 4.65. The first-order chi connectivity index (χ1) is 18.2. The number of nitrogens with one attached hydrogen (secondary N) is 2. The van der Waals surface area contributed by atoms with Gasteiger partial charge in [-0.3, -0.25) is 9.59 Å². The van der Waals surface area contributed by atoms with Gasteiger partial charge in [0.1, 0.15) is 11.3 Å². The summed E-state index contributed by atoms with van der Waals surface area (Å²) < 4.78 is 44.2. The zero-order valence-electron chi connectivity index (χ0n) is 20.4. The van der Waals surface area contributed by atoms with Crippen LogP contribution in [0.5, 0.6) is 5.88 Å². The van der Waals surface area contributed by atoms with E-state index >= 15 is 0 Å². The summed E-state index contributed by atoms with van der Waals surface area (Å²) in [5, 5.41) is 3.42. The SMILES string of the molecule is COc1cc(C(=O)Nc2ccc(C3CCN(C(=O)c4c[nH]c5ncccc45)CC3)cc2)cc(C(F)(F)F)n1. The summed E-state index contributed by atoms with van der Waals surface area (Å²) in [5.41, 5.74) is 1.39. The third kappa shape index (κ3) is 5.17. The number of carbonyl (C=O) groups excluding carboxylic acids is 2. The van der Waals surface area contributed by atoms with E-state index in [0.717, 1.165) is 29.9 Å². The van der Waals surface area contributed by atoms with Crippen molar-refractivity contribution >= 4 is 28.5 Å². The van der Waals surface area contributed by atoms with Crippen LogP contribution in [0.2, 0.25) is 0 Å². The number of anilines is 1. The Bertz CT molecular complexity index is 1480. The number of fused-ring (bicyclic) bond motifs is 1. The van der Waals surface area contributed by atoms with Gasteiger partial charge in [-0.25, -0.2) is 9.97 Å². The third-order valence-corrected chi connectivity index (χ3v) is 6.67. The summed E-state index contributed by atoms with van der Waals surface area (Å²) in [5.74, 6) is -0.788. The Morgan fingerprint density at radius 3 is 2.53 bits per heavy atom. The van der Waals surface area contributed by atoms with Crippen LogP contribution < -0.4 is 10.1 Å². The number of alkyl halides is 3. The Balaban J connectivity index is 1.21. The van der Waals surface area contributed by atoms with E-state index in [2.05, 4.69) is 20.3 Å². The summed E-state index contributed by atoms with van der Waals surface area (Å²) in [4.78, 5) is 38.2. The standard InChI is InChI=1S/C27H24F3N5O3/c1-38-23-14-18(13-22(34-23)27(28,29)30)25(36)33-19-6-4-16(5-7-19)17-8-11-35(12-9-17)26(37)21-15-32-24-20(21)3-2-10-31-24/h2-7,10,13-15,17H,8-9,11-12H2,1H3,(H,31,32)(H,33,36). The van der Waals surface area contributed by atoms with Crippen LogP contribution in [-0.2, 0) is 6.18 Å². The van der Waals surface area contributed by atoms with E-state index in [1.165, 1.54) is 7.11 Å². The molecule has 0 aliphatic carbocycles. The molecule has 0 saturated carbocycles. The van der Waals surface area contributed by atoms with E-state index in [9.17, 15) is 22.8 Å². The van der Waals surface area contributed by atoms with Crippen molar-refractivity contribution in [1.29, 1.82) is 0 Å². The number of likely N-dealkylation sites (tertiary alicyclic amines) is 1. The van der Waals surface area contributed by atoms with Crippen molar-refractivity contribution in [3.8, 4) is 5.88 Å². The lowest BCUT2D eigenvalue weighted by Crippen LogP contribution is -2.37. The largest absolute Gasteiger partial charge is 0.481 e. The van der Waals surface area contributed by atoms with Gasteiger partial charge in [0.15, 0.2) is 0 Å². The van der Waals surface area contributed by atoms with Crippen molar-refractivity contribution in [3.63, 3.8) is 0 Å². The maximum atomic E-state index is 13.1. The Kier molecular flexibility index (Phi) is 6.75. The molecule has 2 N–H and O–H groups in total. The number of H-pyrrole nitrogens is 1. The molecule has 0 radical (unpaired) electrons. The van der Waals surface area contributed by atoms with Crippen molar-refractivity contribution in [2.24, 2.45) is 0 Å². The molecular formula is C27H24F3N5O3. The number of ether oxygens (including phenoxy) is 1. The number of piperidine rings is 1. The van der Waals surface area contributed by atoms with Crippen molar-refractivity contribution in [1.82, 2.24) is 19.9 Å². The highest BCUT2D eigenvalue weighted by Crippen LogP contribution is 2.32. The molecular weight excluding hydrogens is 499 g/mol. The Hall–Kier alpha value is -4.41. The lowest BCUT2D eigenvalue weighted by atomic mass is 9.89. The van der Waals surface area contributed by atoms with Crippen LogP contribution >= 0.6 is 0 Å². The van der Waals surface area contributed by atoms with E-state index in [4.69, 9.17) is 4.74 Å². The maximum absolute atomic E-state index is 13.1. The molecule has 0 atom stereocenters. The molecule has 8 nitrogen and oxygen atoms in total. The second kappa shape index (κ2) is 10.2. The molecule has 4 heterocycles. The van der Waals surface area contributed by atoms with E-state index in [-0.39, 0.29) is 23.3 Å². The highest BCUT2D eigenvalue weighted by molar-refractivity contribution is 6.06. The summed E-state index contributed by atoms with van der Waals surface area (Å²) in [7, 11) is 1.18. The molecule has 38 heavy (non-hydrogen) atoms. The summed E-state index contributed by atoms with van der Waals surface area (Å²) in [6.07, 6.45) is 0.239. The summed E-state index contributed by atoms with van der Waals surface area (Å²) in [6, 6.07) is 12.7. The lowest BCUT2D eigenvalue weighted by Gasteiger charge is -2.32. The Morgan fingerprint density at radius 2 is 1.84 bits per heavy atom. The summed E-state index contributed by atoms with van der Waals surface area (Å²) in [6.45, 7) is 1.22. The topological polar surface area (TPSA) is 100 Å². The third-order valence-electron chi connectivity index (χ3n) is 6.67. The van der Waals surface area contributed by atoms with Crippen molar-refractivity contribution in [2.75, 3.05) is 25.5 Å². The van der Waals surface area contributed by atoms with Gasteiger partial charge in [-0.05, 0) is 54.7 Å². The number of aromatic amines is 1. The highest BCUT2D eigenvalue weighted by atomic mass is 19.4.